The zero-order chi connectivity index (χ0) is 19.5. The number of hydrogen-bond acceptors (Lipinski definition) is 4. The Morgan fingerprint density at radius 3 is 2.54 bits per heavy atom. The van der Waals surface area contributed by atoms with Crippen LogP contribution in [0.25, 0.3) is 11.0 Å². The third-order valence-corrected chi connectivity index (χ3v) is 7.23. The largest absolute Gasteiger partial charge is 0.338 e. The van der Waals surface area contributed by atoms with E-state index in [-0.39, 0.29) is 11.9 Å². The molecule has 6 heteroatoms. The molecule has 28 heavy (non-hydrogen) atoms. The molecule has 4 heterocycles. The first kappa shape index (κ1) is 18.1. The average Bonchev–Trinajstić information content (AvgIpc) is 3.36. The van der Waals surface area contributed by atoms with Crippen molar-refractivity contribution in [2.75, 3.05) is 26.7 Å². The number of fused-ring (bicyclic) bond motifs is 1. The summed E-state index contributed by atoms with van der Waals surface area (Å²) in [5.41, 5.74) is 3.06. The van der Waals surface area contributed by atoms with Crippen molar-refractivity contribution in [3.05, 3.63) is 23.5 Å². The van der Waals surface area contributed by atoms with Crippen molar-refractivity contribution in [2.45, 2.75) is 69.9 Å². The second-order valence-corrected chi connectivity index (χ2v) is 9.33. The van der Waals surface area contributed by atoms with Gasteiger partial charge in [-0.2, -0.15) is 5.10 Å². The van der Waals surface area contributed by atoms with Crippen LogP contribution in [0.3, 0.4) is 0 Å². The Labute approximate surface area is 166 Å². The number of likely N-dealkylation sites (tertiary alicyclic amines) is 2. The van der Waals surface area contributed by atoms with Gasteiger partial charge < -0.3 is 9.80 Å². The molecule has 6 nitrogen and oxygen atoms in total. The highest BCUT2D eigenvalue weighted by atomic mass is 16.2. The van der Waals surface area contributed by atoms with Crippen LogP contribution < -0.4 is 0 Å². The molecule has 3 aliphatic rings. The van der Waals surface area contributed by atoms with E-state index < -0.39 is 0 Å². The van der Waals surface area contributed by atoms with E-state index in [1.165, 1.54) is 32.2 Å². The van der Waals surface area contributed by atoms with Crippen molar-refractivity contribution in [3.8, 4) is 0 Å². The smallest absolute Gasteiger partial charge is 0.254 e. The first-order valence-corrected chi connectivity index (χ1v) is 10.9. The monoisotopic (exact) mass is 381 g/mol. The van der Waals surface area contributed by atoms with Gasteiger partial charge in [0.25, 0.3) is 5.91 Å². The zero-order valence-electron chi connectivity index (χ0n) is 17.3. The van der Waals surface area contributed by atoms with E-state index in [0.717, 1.165) is 48.2 Å². The normalized spacial score (nSPS) is 22.6. The van der Waals surface area contributed by atoms with E-state index in [1.807, 2.05) is 10.9 Å². The van der Waals surface area contributed by atoms with Crippen LogP contribution in [0.1, 0.15) is 80.4 Å². The van der Waals surface area contributed by atoms with Crippen LogP contribution in [-0.2, 0) is 0 Å². The molecule has 0 unspecified atom stereocenters. The van der Waals surface area contributed by atoms with Crippen LogP contribution >= 0.6 is 0 Å². The molecule has 1 aliphatic carbocycles. The zero-order valence-corrected chi connectivity index (χ0v) is 17.3. The minimum Gasteiger partial charge on any atom is -0.338 e. The highest BCUT2D eigenvalue weighted by Gasteiger charge is 2.42. The van der Waals surface area contributed by atoms with Gasteiger partial charge in [-0.1, -0.05) is 0 Å². The number of carbonyl (C=O) groups is 1. The molecule has 1 amide bonds. The van der Waals surface area contributed by atoms with Crippen molar-refractivity contribution in [1.29, 1.82) is 0 Å². The Kier molecular flexibility index (Phi) is 4.23. The number of amides is 1. The van der Waals surface area contributed by atoms with Gasteiger partial charge in [-0.25, -0.2) is 9.67 Å². The predicted octanol–water partition coefficient (Wildman–Crippen LogP) is 3.59. The molecule has 0 radical (unpaired) electrons. The van der Waals surface area contributed by atoms with Crippen LogP contribution in [0.15, 0.2) is 12.3 Å². The first-order valence-electron chi connectivity index (χ1n) is 10.9. The Bertz CT molecular complexity index is 905. The van der Waals surface area contributed by atoms with E-state index in [2.05, 4.69) is 41.9 Å². The standard InChI is InChI=1S/C22H31N5O/c1-15(2)27-20-18(14-23-27)17(13-19(24-20)16-5-6-16)21(28)26-11-8-22(9-12-26)7-4-10-25(22)3/h13-16H,4-12H2,1-3H3. The molecule has 0 aromatic carbocycles. The van der Waals surface area contributed by atoms with E-state index >= 15 is 0 Å². The third-order valence-electron chi connectivity index (χ3n) is 7.23. The molecular weight excluding hydrogens is 350 g/mol. The molecule has 5 rings (SSSR count). The van der Waals surface area contributed by atoms with Gasteiger partial charge in [0, 0.05) is 36.3 Å². The quantitative estimate of drug-likeness (QED) is 0.815. The van der Waals surface area contributed by atoms with Crippen LogP contribution in [0.2, 0.25) is 0 Å². The lowest BCUT2D eigenvalue weighted by Crippen LogP contribution is -2.52. The molecular formula is C22H31N5O. The highest BCUT2D eigenvalue weighted by molar-refractivity contribution is 6.05. The summed E-state index contributed by atoms with van der Waals surface area (Å²) in [6, 6.07) is 2.29. The van der Waals surface area contributed by atoms with Crippen molar-refractivity contribution in [3.63, 3.8) is 0 Å². The van der Waals surface area contributed by atoms with Gasteiger partial charge in [0.15, 0.2) is 5.65 Å². The van der Waals surface area contributed by atoms with Gasteiger partial charge in [0.2, 0.25) is 0 Å². The summed E-state index contributed by atoms with van der Waals surface area (Å²) < 4.78 is 1.96. The van der Waals surface area contributed by atoms with Crippen molar-refractivity contribution >= 4 is 16.9 Å². The second kappa shape index (κ2) is 6.55. The molecule has 0 atom stereocenters. The maximum absolute atomic E-state index is 13.5. The lowest BCUT2D eigenvalue weighted by molar-refractivity contribution is 0.0494. The van der Waals surface area contributed by atoms with Gasteiger partial charge in [-0.15, -0.1) is 0 Å². The molecule has 2 saturated heterocycles. The lowest BCUT2D eigenvalue weighted by Gasteiger charge is -2.43. The van der Waals surface area contributed by atoms with Crippen LogP contribution in [0.4, 0.5) is 0 Å². The van der Waals surface area contributed by atoms with E-state index in [1.54, 1.807) is 0 Å². The highest BCUT2D eigenvalue weighted by Crippen LogP contribution is 2.41. The molecule has 1 spiro atoms. The number of nitrogens with zero attached hydrogens (tertiary/aromatic N) is 5. The van der Waals surface area contributed by atoms with E-state index in [9.17, 15) is 4.79 Å². The van der Waals surface area contributed by atoms with Gasteiger partial charge in [0.1, 0.15) is 0 Å². The number of hydrogen-bond donors (Lipinski definition) is 0. The first-order chi connectivity index (χ1) is 13.5. The third kappa shape index (κ3) is 2.84. The summed E-state index contributed by atoms with van der Waals surface area (Å²) in [6.45, 7) is 7.12. The Balaban J connectivity index is 1.46. The Hall–Kier alpha value is -1.95. The molecule has 2 aromatic heterocycles. The maximum atomic E-state index is 13.5. The minimum absolute atomic E-state index is 0.160. The van der Waals surface area contributed by atoms with Gasteiger partial charge in [-0.3, -0.25) is 4.79 Å². The van der Waals surface area contributed by atoms with Gasteiger partial charge in [-0.05, 0) is 72.0 Å². The molecule has 2 aromatic rings. The Morgan fingerprint density at radius 1 is 1.18 bits per heavy atom. The molecule has 2 aliphatic heterocycles. The number of aromatic nitrogens is 3. The molecule has 150 valence electrons. The van der Waals surface area contributed by atoms with E-state index in [0.29, 0.717) is 11.5 Å². The fraction of sp³-hybridized carbons (Fsp3) is 0.682. The molecule has 0 bridgehead atoms. The summed E-state index contributed by atoms with van der Waals surface area (Å²) in [5, 5.41) is 5.45. The van der Waals surface area contributed by atoms with Crippen LogP contribution in [-0.4, -0.2) is 62.7 Å². The van der Waals surface area contributed by atoms with Crippen molar-refractivity contribution < 1.29 is 4.79 Å². The maximum Gasteiger partial charge on any atom is 0.254 e. The lowest BCUT2D eigenvalue weighted by atomic mass is 9.85. The minimum atomic E-state index is 0.160. The fourth-order valence-corrected chi connectivity index (χ4v) is 5.18. The predicted molar refractivity (Wildman–Crippen MR) is 110 cm³/mol. The summed E-state index contributed by atoms with van der Waals surface area (Å²) in [7, 11) is 2.25. The summed E-state index contributed by atoms with van der Waals surface area (Å²) in [5.74, 6) is 0.677. The number of piperidine rings is 1. The average molecular weight is 382 g/mol. The fourth-order valence-electron chi connectivity index (χ4n) is 5.18. The number of pyridine rings is 1. The SMILES string of the molecule is CC(C)n1ncc2c(C(=O)N3CCC4(CCCN4C)CC3)cc(C3CC3)nc21. The van der Waals surface area contributed by atoms with Crippen molar-refractivity contribution in [2.24, 2.45) is 0 Å². The van der Waals surface area contributed by atoms with Crippen LogP contribution in [0.5, 0.6) is 0 Å². The van der Waals surface area contributed by atoms with Crippen LogP contribution in [0, 0.1) is 0 Å². The molecule has 1 saturated carbocycles. The Morgan fingerprint density at radius 2 is 1.93 bits per heavy atom. The number of carbonyl (C=O) groups excluding carboxylic acids is 1. The second-order valence-electron chi connectivity index (χ2n) is 9.33. The van der Waals surface area contributed by atoms with Crippen molar-refractivity contribution in [1.82, 2.24) is 24.6 Å². The summed E-state index contributed by atoms with van der Waals surface area (Å²) in [4.78, 5) is 23.0. The summed E-state index contributed by atoms with van der Waals surface area (Å²) >= 11 is 0. The number of rotatable bonds is 3. The topological polar surface area (TPSA) is 54.3 Å². The molecule has 0 N–H and O–H groups in total. The summed E-state index contributed by atoms with van der Waals surface area (Å²) in [6.07, 6.45) is 8.93. The molecule has 3 fully saturated rings. The van der Waals surface area contributed by atoms with Gasteiger partial charge in [0.05, 0.1) is 17.1 Å². The van der Waals surface area contributed by atoms with Gasteiger partial charge >= 0.3 is 0 Å². The van der Waals surface area contributed by atoms with E-state index in [4.69, 9.17) is 4.98 Å².